The summed E-state index contributed by atoms with van der Waals surface area (Å²) in [7, 11) is 3.06. The predicted octanol–water partition coefficient (Wildman–Crippen LogP) is 0.863. The Morgan fingerprint density at radius 1 is 1.24 bits per heavy atom. The van der Waals surface area contributed by atoms with E-state index in [0.717, 1.165) is 0 Å². The largest absolute Gasteiger partial charge is 0.493 e. The third-order valence-electron chi connectivity index (χ3n) is 2.90. The molecule has 0 aliphatic rings. The van der Waals surface area contributed by atoms with Crippen LogP contribution in [0.1, 0.15) is 12.0 Å². The van der Waals surface area contributed by atoms with Gasteiger partial charge in [-0.15, -0.1) is 0 Å². The Morgan fingerprint density at radius 2 is 2.04 bits per heavy atom. The summed E-state index contributed by atoms with van der Waals surface area (Å²) in [5, 5.41) is 6.36. The Hall–Kier alpha value is -2.87. The molecule has 1 rings (SSSR count). The summed E-state index contributed by atoms with van der Waals surface area (Å²) in [4.78, 5) is 23.1. The first kappa shape index (κ1) is 20.2. The first-order chi connectivity index (χ1) is 12.1. The molecular formula is C17H23N3O5. The fourth-order valence-electron chi connectivity index (χ4n) is 1.75. The Balaban J connectivity index is 2.51. The molecule has 1 aromatic carbocycles. The maximum Gasteiger partial charge on any atom is 0.249 e. The Kier molecular flexibility index (Phi) is 9.39. The number of carbonyl (C=O) groups excluding carboxylic acids is 2. The third kappa shape index (κ3) is 7.98. The van der Waals surface area contributed by atoms with Gasteiger partial charge in [-0.25, -0.2) is 5.43 Å². The monoisotopic (exact) mass is 349 g/mol. The number of amides is 2. The molecule has 2 amide bonds. The van der Waals surface area contributed by atoms with Crippen LogP contribution in [0.5, 0.6) is 11.5 Å². The second-order valence-electron chi connectivity index (χ2n) is 4.82. The van der Waals surface area contributed by atoms with Gasteiger partial charge < -0.3 is 19.5 Å². The molecule has 0 unspecified atom stereocenters. The van der Waals surface area contributed by atoms with Gasteiger partial charge in [0.1, 0.15) is 13.0 Å². The summed E-state index contributed by atoms with van der Waals surface area (Å²) >= 11 is 0. The second-order valence-corrected chi connectivity index (χ2v) is 4.82. The summed E-state index contributed by atoms with van der Waals surface area (Å²) in [6.45, 7) is 4.69. The fraction of sp³-hybridized carbons (Fsp3) is 0.353. The quantitative estimate of drug-likeness (QED) is 0.203. The number of hydrazone groups is 1. The minimum absolute atomic E-state index is 0.307. The summed E-state index contributed by atoms with van der Waals surface area (Å²) < 4.78 is 15.5. The predicted molar refractivity (Wildman–Crippen MR) is 93.9 cm³/mol. The number of benzene rings is 1. The average Bonchev–Trinajstić information content (AvgIpc) is 2.60. The Labute approximate surface area is 146 Å². The first-order valence-electron chi connectivity index (χ1n) is 7.60. The van der Waals surface area contributed by atoms with Crippen LogP contribution in [0.25, 0.3) is 0 Å². The van der Waals surface area contributed by atoms with Crippen LogP contribution in [0.4, 0.5) is 0 Å². The van der Waals surface area contributed by atoms with Crippen molar-refractivity contribution in [3.05, 3.63) is 36.4 Å². The van der Waals surface area contributed by atoms with E-state index in [1.165, 1.54) is 20.4 Å². The van der Waals surface area contributed by atoms with E-state index in [-0.39, 0.29) is 6.42 Å². The van der Waals surface area contributed by atoms with Crippen molar-refractivity contribution in [3.8, 4) is 11.5 Å². The minimum Gasteiger partial charge on any atom is -0.493 e. The lowest BCUT2D eigenvalue weighted by molar-refractivity contribution is -0.129. The highest BCUT2D eigenvalue weighted by Crippen LogP contribution is 2.27. The summed E-state index contributed by atoms with van der Waals surface area (Å²) in [5.41, 5.74) is 2.99. The summed E-state index contributed by atoms with van der Waals surface area (Å²) in [5.74, 6) is 0.213. The van der Waals surface area contributed by atoms with Crippen molar-refractivity contribution in [1.29, 1.82) is 0 Å². The lowest BCUT2D eigenvalue weighted by Crippen LogP contribution is -2.31. The average molecular weight is 349 g/mol. The van der Waals surface area contributed by atoms with E-state index in [4.69, 9.17) is 14.2 Å². The molecule has 0 saturated heterocycles. The van der Waals surface area contributed by atoms with E-state index < -0.39 is 11.8 Å². The molecule has 0 fully saturated rings. The highest BCUT2D eigenvalue weighted by molar-refractivity contribution is 5.97. The highest BCUT2D eigenvalue weighted by atomic mass is 16.5. The summed E-state index contributed by atoms with van der Waals surface area (Å²) in [6.07, 6.45) is 2.77. The molecule has 8 heteroatoms. The lowest BCUT2D eigenvalue weighted by atomic mass is 10.2. The topological polar surface area (TPSA) is 98.2 Å². The van der Waals surface area contributed by atoms with Crippen LogP contribution >= 0.6 is 0 Å². The van der Waals surface area contributed by atoms with Crippen LogP contribution in [0.15, 0.2) is 36.0 Å². The molecule has 136 valence electrons. The van der Waals surface area contributed by atoms with Crippen LogP contribution < -0.4 is 20.2 Å². The molecule has 25 heavy (non-hydrogen) atoms. The first-order valence-corrected chi connectivity index (χ1v) is 7.60. The molecule has 0 aromatic heterocycles. The molecular weight excluding hydrogens is 326 g/mol. The number of ether oxygens (including phenoxy) is 3. The van der Waals surface area contributed by atoms with Gasteiger partial charge in [0.05, 0.1) is 19.9 Å². The van der Waals surface area contributed by atoms with Gasteiger partial charge in [0.25, 0.3) is 0 Å². The third-order valence-corrected chi connectivity index (χ3v) is 2.90. The SMILES string of the molecule is C=CCOc1ccc(C=NNC(=O)CC(=O)NCCOC)cc1OC. The number of carbonyl (C=O) groups is 2. The molecule has 0 spiro atoms. The molecule has 2 N–H and O–H groups in total. The minimum atomic E-state index is -0.510. The van der Waals surface area contributed by atoms with Gasteiger partial charge in [-0.3, -0.25) is 9.59 Å². The summed E-state index contributed by atoms with van der Waals surface area (Å²) in [6, 6.07) is 5.20. The van der Waals surface area contributed by atoms with E-state index in [1.807, 2.05) is 0 Å². The van der Waals surface area contributed by atoms with Crippen molar-refractivity contribution in [3.63, 3.8) is 0 Å². The van der Waals surface area contributed by atoms with Crippen molar-refractivity contribution in [2.75, 3.05) is 34.0 Å². The number of nitrogens with zero attached hydrogens (tertiary/aromatic N) is 1. The van der Waals surface area contributed by atoms with Crippen molar-refractivity contribution in [2.45, 2.75) is 6.42 Å². The molecule has 8 nitrogen and oxygen atoms in total. The van der Waals surface area contributed by atoms with Crippen LogP contribution in [0.2, 0.25) is 0 Å². The smallest absolute Gasteiger partial charge is 0.249 e. The van der Waals surface area contributed by atoms with Crippen LogP contribution in [-0.2, 0) is 14.3 Å². The lowest BCUT2D eigenvalue weighted by Gasteiger charge is -2.09. The maximum atomic E-state index is 11.6. The zero-order chi connectivity index (χ0) is 18.5. The van der Waals surface area contributed by atoms with Gasteiger partial charge in [0, 0.05) is 13.7 Å². The maximum absolute atomic E-state index is 11.6. The van der Waals surface area contributed by atoms with Gasteiger partial charge in [-0.1, -0.05) is 12.7 Å². The molecule has 0 heterocycles. The van der Waals surface area contributed by atoms with Gasteiger partial charge in [0.15, 0.2) is 11.5 Å². The standard InChI is InChI=1S/C17H23N3O5/c1-4-8-25-14-6-5-13(10-15(14)24-3)12-19-20-17(22)11-16(21)18-7-9-23-2/h4-6,10,12H,1,7-9,11H2,2-3H3,(H,18,21)(H,20,22). The number of hydrogen-bond donors (Lipinski definition) is 2. The molecule has 1 aromatic rings. The van der Waals surface area contributed by atoms with Gasteiger partial charge in [-0.05, 0) is 23.8 Å². The van der Waals surface area contributed by atoms with Crippen molar-refractivity contribution < 1.29 is 23.8 Å². The molecule has 0 aliphatic heterocycles. The van der Waals surface area contributed by atoms with Crippen LogP contribution in [-0.4, -0.2) is 52.0 Å². The van der Waals surface area contributed by atoms with Crippen LogP contribution in [0, 0.1) is 0 Å². The normalized spacial score (nSPS) is 10.3. The van der Waals surface area contributed by atoms with Gasteiger partial charge >= 0.3 is 0 Å². The van der Waals surface area contributed by atoms with E-state index >= 15 is 0 Å². The Morgan fingerprint density at radius 3 is 2.72 bits per heavy atom. The molecule has 0 radical (unpaired) electrons. The van der Waals surface area contributed by atoms with E-state index in [0.29, 0.717) is 36.8 Å². The number of nitrogens with one attached hydrogen (secondary N) is 2. The van der Waals surface area contributed by atoms with E-state index in [9.17, 15) is 9.59 Å². The molecule has 0 aliphatic carbocycles. The van der Waals surface area contributed by atoms with Gasteiger partial charge in [0.2, 0.25) is 11.8 Å². The molecule has 0 atom stereocenters. The fourth-order valence-corrected chi connectivity index (χ4v) is 1.75. The van der Waals surface area contributed by atoms with Crippen molar-refractivity contribution >= 4 is 18.0 Å². The number of methoxy groups -OCH3 is 2. The zero-order valence-corrected chi connectivity index (χ0v) is 14.4. The Bertz CT molecular complexity index is 616. The highest BCUT2D eigenvalue weighted by Gasteiger charge is 2.08. The van der Waals surface area contributed by atoms with Crippen molar-refractivity contribution in [1.82, 2.24) is 10.7 Å². The molecule has 0 bridgehead atoms. The van der Waals surface area contributed by atoms with Crippen molar-refractivity contribution in [2.24, 2.45) is 5.10 Å². The van der Waals surface area contributed by atoms with Crippen LogP contribution in [0.3, 0.4) is 0 Å². The van der Waals surface area contributed by atoms with E-state index in [2.05, 4.69) is 22.4 Å². The van der Waals surface area contributed by atoms with Gasteiger partial charge in [-0.2, -0.15) is 5.10 Å². The number of rotatable bonds is 11. The molecule has 0 saturated carbocycles. The zero-order valence-electron chi connectivity index (χ0n) is 14.4. The van der Waals surface area contributed by atoms with E-state index in [1.54, 1.807) is 24.3 Å². The second kappa shape index (κ2) is 11.6. The number of hydrogen-bond acceptors (Lipinski definition) is 6.